The van der Waals surface area contributed by atoms with Crippen molar-refractivity contribution in [3.8, 4) is 0 Å². The summed E-state index contributed by atoms with van der Waals surface area (Å²) < 4.78 is 20.8. The number of carbonyl (C=O) groups is 2. The summed E-state index contributed by atoms with van der Waals surface area (Å²) in [6, 6.07) is -0.185. The summed E-state index contributed by atoms with van der Waals surface area (Å²) in [5.74, 6) is -1.58. The molecule has 7 heteroatoms. The van der Waals surface area contributed by atoms with Crippen LogP contribution in [0.25, 0.3) is 0 Å². The lowest BCUT2D eigenvalue weighted by Crippen LogP contribution is -2.48. The Morgan fingerprint density at radius 2 is 2.00 bits per heavy atom. The van der Waals surface area contributed by atoms with E-state index in [9.17, 15) is 9.59 Å². The molecule has 22 heavy (non-hydrogen) atoms. The van der Waals surface area contributed by atoms with Gasteiger partial charge < -0.3 is 18.9 Å². The molecule has 2 unspecified atom stereocenters. The Morgan fingerprint density at radius 3 is 2.59 bits per heavy atom. The second-order valence-corrected chi connectivity index (χ2v) is 5.71. The lowest BCUT2D eigenvalue weighted by atomic mass is 9.84. The maximum Gasteiger partial charge on any atom is 0.334 e. The third-order valence-electron chi connectivity index (χ3n) is 4.51. The molecule has 3 heterocycles. The van der Waals surface area contributed by atoms with Gasteiger partial charge in [-0.05, 0) is 19.3 Å². The Labute approximate surface area is 129 Å². The van der Waals surface area contributed by atoms with Gasteiger partial charge in [-0.1, -0.05) is 12.5 Å². The van der Waals surface area contributed by atoms with E-state index in [1.165, 1.54) is 14.2 Å². The molecule has 3 fully saturated rings. The molecule has 1 aliphatic carbocycles. The van der Waals surface area contributed by atoms with Crippen molar-refractivity contribution >= 4 is 11.9 Å². The minimum Gasteiger partial charge on any atom is -0.468 e. The van der Waals surface area contributed by atoms with Gasteiger partial charge in [0, 0.05) is 11.6 Å². The third-order valence-corrected chi connectivity index (χ3v) is 4.51. The van der Waals surface area contributed by atoms with E-state index in [0.717, 1.165) is 25.7 Å². The summed E-state index contributed by atoms with van der Waals surface area (Å²) in [4.78, 5) is 26.5. The SMILES string of the molecule is COC(=O)/C1=C/CCCCC(N2CC3OC2O3)C1C(=O)OC. The first-order chi connectivity index (χ1) is 10.7. The fourth-order valence-electron chi connectivity index (χ4n) is 3.41. The molecule has 3 saturated heterocycles. The molecule has 0 aromatic heterocycles. The molecule has 0 radical (unpaired) electrons. The summed E-state index contributed by atoms with van der Waals surface area (Å²) in [6.45, 7) is 0.608. The smallest absolute Gasteiger partial charge is 0.334 e. The Morgan fingerprint density at radius 1 is 1.23 bits per heavy atom. The topological polar surface area (TPSA) is 74.3 Å². The van der Waals surface area contributed by atoms with Crippen LogP contribution in [0, 0.1) is 5.92 Å². The van der Waals surface area contributed by atoms with Crippen molar-refractivity contribution in [3.05, 3.63) is 11.6 Å². The van der Waals surface area contributed by atoms with Crippen LogP contribution in [0.15, 0.2) is 11.6 Å². The van der Waals surface area contributed by atoms with Crippen LogP contribution in [-0.2, 0) is 28.5 Å². The number of esters is 2. The largest absolute Gasteiger partial charge is 0.468 e. The minimum absolute atomic E-state index is 0.185. The van der Waals surface area contributed by atoms with Crippen LogP contribution in [0.2, 0.25) is 0 Å². The van der Waals surface area contributed by atoms with Crippen LogP contribution in [0.4, 0.5) is 0 Å². The predicted molar refractivity (Wildman–Crippen MR) is 74.3 cm³/mol. The van der Waals surface area contributed by atoms with Gasteiger partial charge in [0.05, 0.1) is 20.8 Å². The first-order valence-electron chi connectivity index (χ1n) is 7.58. The highest BCUT2D eigenvalue weighted by Crippen LogP contribution is 2.38. The molecule has 2 atom stereocenters. The van der Waals surface area contributed by atoms with Crippen LogP contribution < -0.4 is 0 Å². The molecule has 4 aliphatic rings. The number of ether oxygens (including phenoxy) is 4. The summed E-state index contributed by atoms with van der Waals surface area (Å²) in [5, 5.41) is 0. The van der Waals surface area contributed by atoms with E-state index in [4.69, 9.17) is 18.9 Å². The Balaban J connectivity index is 1.93. The van der Waals surface area contributed by atoms with Gasteiger partial charge in [-0.2, -0.15) is 0 Å². The van der Waals surface area contributed by atoms with Crippen LogP contribution in [0.5, 0.6) is 0 Å². The van der Waals surface area contributed by atoms with Crippen molar-refractivity contribution < 1.29 is 28.5 Å². The zero-order chi connectivity index (χ0) is 15.7. The minimum atomic E-state index is -0.677. The molecule has 0 aromatic carbocycles. The number of nitrogens with zero attached hydrogens (tertiary/aromatic N) is 1. The van der Waals surface area contributed by atoms with Gasteiger partial charge in [0.1, 0.15) is 5.92 Å². The van der Waals surface area contributed by atoms with E-state index in [-0.39, 0.29) is 12.3 Å². The first kappa shape index (κ1) is 15.5. The maximum atomic E-state index is 12.4. The lowest BCUT2D eigenvalue weighted by Gasteiger charge is -2.36. The monoisotopic (exact) mass is 311 g/mol. The van der Waals surface area contributed by atoms with Gasteiger partial charge in [-0.3, -0.25) is 4.79 Å². The van der Waals surface area contributed by atoms with Crippen molar-refractivity contribution in [3.63, 3.8) is 0 Å². The number of hydrogen-bond acceptors (Lipinski definition) is 7. The van der Waals surface area contributed by atoms with Crippen molar-refractivity contribution in [1.29, 1.82) is 0 Å². The van der Waals surface area contributed by atoms with E-state index >= 15 is 0 Å². The van der Waals surface area contributed by atoms with E-state index in [1.807, 2.05) is 11.0 Å². The molecule has 0 spiro atoms. The van der Waals surface area contributed by atoms with Gasteiger partial charge in [-0.15, -0.1) is 0 Å². The standard InChI is InChI=1S/C15H21NO6/c1-19-13(17)9-6-4-3-5-7-10(12(9)14(18)20-2)16-8-11-21-15(16)22-11/h6,10-12,15H,3-5,7-8H2,1-2H3/b9-6+. The van der Waals surface area contributed by atoms with Gasteiger partial charge in [-0.25, -0.2) is 9.69 Å². The second kappa shape index (κ2) is 6.36. The summed E-state index contributed by atoms with van der Waals surface area (Å²) in [5.41, 5.74) is 0.378. The van der Waals surface area contributed by atoms with Crippen molar-refractivity contribution in [2.45, 2.75) is 44.4 Å². The highest BCUT2D eigenvalue weighted by atomic mass is 16.9. The van der Waals surface area contributed by atoms with Crippen LogP contribution in [0.1, 0.15) is 25.7 Å². The molecule has 122 valence electrons. The van der Waals surface area contributed by atoms with Gasteiger partial charge in [0.25, 0.3) is 0 Å². The number of rotatable bonds is 3. The maximum absolute atomic E-state index is 12.4. The number of carbonyl (C=O) groups excluding carboxylic acids is 2. The molecule has 0 amide bonds. The van der Waals surface area contributed by atoms with Gasteiger partial charge >= 0.3 is 11.9 Å². The van der Waals surface area contributed by atoms with Crippen LogP contribution in [0.3, 0.4) is 0 Å². The number of fused-ring (bicyclic) bond motifs is 1. The molecule has 3 aliphatic heterocycles. The summed E-state index contributed by atoms with van der Waals surface area (Å²) >= 11 is 0. The molecule has 2 bridgehead atoms. The highest BCUT2D eigenvalue weighted by molar-refractivity contribution is 5.96. The Hall–Kier alpha value is -1.44. The van der Waals surface area contributed by atoms with Crippen LogP contribution >= 0.6 is 0 Å². The fraction of sp³-hybridized carbons (Fsp3) is 0.733. The third kappa shape index (κ3) is 2.64. The average molecular weight is 311 g/mol. The van der Waals surface area contributed by atoms with Gasteiger partial charge in [0.15, 0.2) is 6.29 Å². The molecule has 0 saturated carbocycles. The second-order valence-electron chi connectivity index (χ2n) is 5.71. The van der Waals surface area contributed by atoms with Crippen LogP contribution in [-0.4, -0.2) is 56.3 Å². The molecule has 7 nitrogen and oxygen atoms in total. The Kier molecular flexibility index (Phi) is 4.46. The van der Waals surface area contributed by atoms with Gasteiger partial charge in [0.2, 0.25) is 6.41 Å². The highest BCUT2D eigenvalue weighted by Gasteiger charge is 2.52. The van der Waals surface area contributed by atoms with E-state index in [0.29, 0.717) is 12.1 Å². The zero-order valence-electron chi connectivity index (χ0n) is 12.8. The quantitative estimate of drug-likeness (QED) is 0.713. The molecular weight excluding hydrogens is 290 g/mol. The van der Waals surface area contributed by atoms with E-state index in [1.54, 1.807) is 0 Å². The van der Waals surface area contributed by atoms with E-state index in [2.05, 4.69) is 0 Å². The molecule has 4 rings (SSSR count). The van der Waals surface area contributed by atoms with E-state index < -0.39 is 24.3 Å². The zero-order valence-corrected chi connectivity index (χ0v) is 12.8. The number of allylic oxidation sites excluding steroid dienone is 1. The Bertz CT molecular complexity index is 484. The van der Waals surface area contributed by atoms with Crippen molar-refractivity contribution in [2.75, 3.05) is 20.8 Å². The first-order valence-corrected chi connectivity index (χ1v) is 7.58. The number of methoxy groups -OCH3 is 2. The lowest BCUT2D eigenvalue weighted by molar-refractivity contribution is -0.362. The average Bonchev–Trinajstić information content (AvgIpc) is 3.05. The van der Waals surface area contributed by atoms with Crippen molar-refractivity contribution in [1.82, 2.24) is 4.90 Å². The number of hydrogen-bond donors (Lipinski definition) is 0. The predicted octanol–water partition coefficient (Wildman–Crippen LogP) is 0.790. The van der Waals surface area contributed by atoms with Crippen molar-refractivity contribution in [2.24, 2.45) is 5.92 Å². The molecule has 0 N–H and O–H groups in total. The normalized spacial score (nSPS) is 37.3. The molecular formula is C15H21NO6. The summed E-state index contributed by atoms with van der Waals surface area (Å²) in [6.07, 6.45) is 4.64. The molecule has 0 aromatic rings. The summed E-state index contributed by atoms with van der Waals surface area (Å²) in [7, 11) is 2.66. The fourth-order valence-corrected chi connectivity index (χ4v) is 3.41.